The third-order valence-electron chi connectivity index (χ3n) is 1.86. The predicted molar refractivity (Wildman–Crippen MR) is 47.4 cm³/mol. The van der Waals surface area contributed by atoms with E-state index in [0.717, 1.165) is 10.9 Å². The second-order valence-electron chi connectivity index (χ2n) is 2.57. The normalized spacial score (nSPS) is 9.92. The van der Waals surface area contributed by atoms with Crippen LogP contribution in [-0.4, -0.2) is 4.98 Å². The van der Waals surface area contributed by atoms with Gasteiger partial charge in [-0.1, -0.05) is 18.2 Å². The van der Waals surface area contributed by atoms with Crippen LogP contribution in [0.4, 0.5) is 5.69 Å². The molecule has 3 N–H and O–H groups in total. The number of nitrogen functional groups attached to an aromatic ring is 1. The van der Waals surface area contributed by atoms with Gasteiger partial charge in [0.2, 0.25) is 0 Å². The first-order chi connectivity index (χ1) is 5.83. The van der Waals surface area contributed by atoms with E-state index < -0.39 is 0 Å². The number of nitrogens with one attached hydrogen (secondary N) is 1. The van der Waals surface area contributed by atoms with Crippen LogP contribution in [0.2, 0.25) is 0 Å². The first-order valence-electron chi connectivity index (χ1n) is 3.59. The van der Waals surface area contributed by atoms with Crippen LogP contribution in [0.25, 0.3) is 10.9 Å². The Hall–Kier alpha value is -1.95. The van der Waals surface area contributed by atoms with E-state index in [1.807, 2.05) is 30.3 Å². The molecule has 1 aromatic carbocycles. The standard InChI is InChI=1S/C9H7N3/c10-5-8-9(11)6-3-1-2-4-7(6)12-8/h1-4,12H,11H2. The second kappa shape index (κ2) is 2.28. The Morgan fingerprint density at radius 2 is 2.08 bits per heavy atom. The number of aromatic amines is 1. The molecule has 3 heteroatoms. The third-order valence-corrected chi connectivity index (χ3v) is 1.86. The number of nitriles is 1. The van der Waals surface area contributed by atoms with Gasteiger partial charge in [-0.2, -0.15) is 5.26 Å². The summed E-state index contributed by atoms with van der Waals surface area (Å²) in [4.78, 5) is 2.93. The Balaban J connectivity index is 2.90. The fraction of sp³-hybridized carbons (Fsp3) is 0. The Kier molecular flexibility index (Phi) is 1.28. The van der Waals surface area contributed by atoms with Crippen LogP contribution in [0.5, 0.6) is 0 Å². The number of aromatic nitrogens is 1. The lowest BCUT2D eigenvalue weighted by molar-refractivity contribution is 1.37. The molecule has 2 rings (SSSR count). The quantitative estimate of drug-likeness (QED) is 0.610. The fourth-order valence-electron chi connectivity index (χ4n) is 1.25. The predicted octanol–water partition coefficient (Wildman–Crippen LogP) is 1.62. The third kappa shape index (κ3) is 0.753. The van der Waals surface area contributed by atoms with Gasteiger partial charge in [0.05, 0.1) is 5.69 Å². The van der Waals surface area contributed by atoms with Gasteiger partial charge in [-0.05, 0) is 6.07 Å². The molecule has 0 unspecified atom stereocenters. The molecular weight excluding hydrogens is 150 g/mol. The number of nitrogens with two attached hydrogens (primary N) is 1. The highest BCUT2D eigenvalue weighted by Gasteiger charge is 2.05. The molecule has 0 saturated carbocycles. The molecule has 0 bridgehead atoms. The highest BCUT2D eigenvalue weighted by Crippen LogP contribution is 2.23. The molecule has 0 radical (unpaired) electrons. The zero-order valence-electron chi connectivity index (χ0n) is 6.33. The van der Waals surface area contributed by atoms with Crippen molar-refractivity contribution in [3.8, 4) is 6.07 Å². The van der Waals surface area contributed by atoms with Crippen LogP contribution in [0.15, 0.2) is 24.3 Å². The smallest absolute Gasteiger partial charge is 0.141 e. The molecule has 3 nitrogen and oxygen atoms in total. The van der Waals surface area contributed by atoms with Crippen LogP contribution in [0.3, 0.4) is 0 Å². The average molecular weight is 157 g/mol. The largest absolute Gasteiger partial charge is 0.396 e. The van der Waals surface area contributed by atoms with Gasteiger partial charge in [-0.25, -0.2) is 0 Å². The van der Waals surface area contributed by atoms with Crippen molar-refractivity contribution < 1.29 is 0 Å². The van der Waals surface area contributed by atoms with E-state index in [-0.39, 0.29) is 0 Å². The molecule has 58 valence electrons. The number of fused-ring (bicyclic) bond motifs is 1. The number of H-pyrrole nitrogens is 1. The summed E-state index contributed by atoms with van der Waals surface area (Å²) in [5, 5.41) is 9.57. The van der Waals surface area contributed by atoms with E-state index in [0.29, 0.717) is 11.4 Å². The summed E-state index contributed by atoms with van der Waals surface area (Å²) in [5.74, 6) is 0. The lowest BCUT2D eigenvalue weighted by Gasteiger charge is -1.87. The number of hydrogen-bond acceptors (Lipinski definition) is 2. The van der Waals surface area contributed by atoms with Gasteiger partial charge in [0.15, 0.2) is 0 Å². The maximum atomic E-state index is 8.66. The van der Waals surface area contributed by atoms with Gasteiger partial charge in [0.25, 0.3) is 0 Å². The number of benzene rings is 1. The summed E-state index contributed by atoms with van der Waals surface area (Å²) in [7, 11) is 0. The van der Waals surface area contributed by atoms with Gasteiger partial charge >= 0.3 is 0 Å². The highest BCUT2D eigenvalue weighted by molar-refractivity contribution is 5.94. The van der Waals surface area contributed by atoms with Gasteiger partial charge in [0, 0.05) is 10.9 Å². The Morgan fingerprint density at radius 1 is 1.33 bits per heavy atom. The first-order valence-corrected chi connectivity index (χ1v) is 3.59. The molecule has 2 aromatic rings. The number of nitrogens with zero attached hydrogens (tertiary/aromatic N) is 1. The fourth-order valence-corrected chi connectivity index (χ4v) is 1.25. The summed E-state index contributed by atoms with van der Waals surface area (Å²) in [6.45, 7) is 0. The summed E-state index contributed by atoms with van der Waals surface area (Å²) in [6, 6.07) is 9.59. The summed E-state index contributed by atoms with van der Waals surface area (Å²) in [6.07, 6.45) is 0. The topological polar surface area (TPSA) is 65.6 Å². The van der Waals surface area contributed by atoms with E-state index in [1.165, 1.54) is 0 Å². The Labute approximate surface area is 69.4 Å². The number of rotatable bonds is 0. The molecule has 0 aliphatic rings. The zero-order valence-corrected chi connectivity index (χ0v) is 6.33. The van der Waals surface area contributed by atoms with Crippen molar-refractivity contribution in [2.45, 2.75) is 0 Å². The van der Waals surface area contributed by atoms with E-state index in [2.05, 4.69) is 4.98 Å². The molecule has 1 aromatic heterocycles. The second-order valence-corrected chi connectivity index (χ2v) is 2.57. The molecule has 1 heterocycles. The Morgan fingerprint density at radius 3 is 2.75 bits per heavy atom. The van der Waals surface area contributed by atoms with Crippen LogP contribution >= 0.6 is 0 Å². The zero-order chi connectivity index (χ0) is 8.55. The minimum Gasteiger partial charge on any atom is -0.396 e. The van der Waals surface area contributed by atoms with Crippen molar-refractivity contribution in [2.75, 3.05) is 5.73 Å². The van der Waals surface area contributed by atoms with Crippen LogP contribution in [-0.2, 0) is 0 Å². The van der Waals surface area contributed by atoms with Gasteiger partial charge < -0.3 is 10.7 Å². The molecule has 12 heavy (non-hydrogen) atoms. The first kappa shape index (κ1) is 6.74. The molecular formula is C9H7N3. The maximum Gasteiger partial charge on any atom is 0.141 e. The van der Waals surface area contributed by atoms with Crippen LogP contribution < -0.4 is 5.73 Å². The highest BCUT2D eigenvalue weighted by atomic mass is 14.8. The van der Waals surface area contributed by atoms with Crippen molar-refractivity contribution in [1.82, 2.24) is 4.98 Å². The van der Waals surface area contributed by atoms with E-state index in [1.54, 1.807) is 0 Å². The van der Waals surface area contributed by atoms with Crippen LogP contribution in [0, 0.1) is 11.3 Å². The summed E-state index contributed by atoms with van der Waals surface area (Å²) < 4.78 is 0. The molecule has 0 amide bonds. The monoisotopic (exact) mass is 157 g/mol. The van der Waals surface area contributed by atoms with Crippen molar-refractivity contribution in [3.63, 3.8) is 0 Å². The molecule has 0 aliphatic heterocycles. The minimum atomic E-state index is 0.441. The molecule has 0 saturated heterocycles. The SMILES string of the molecule is N#Cc1[nH]c2ccccc2c1N. The lowest BCUT2D eigenvalue weighted by Crippen LogP contribution is -1.85. The van der Waals surface area contributed by atoms with Crippen LogP contribution in [0.1, 0.15) is 5.69 Å². The summed E-state index contributed by atoms with van der Waals surface area (Å²) >= 11 is 0. The van der Waals surface area contributed by atoms with E-state index in [4.69, 9.17) is 11.0 Å². The Bertz CT molecular complexity index is 462. The average Bonchev–Trinajstić information content (AvgIpc) is 2.44. The van der Waals surface area contributed by atoms with Gasteiger partial charge in [0.1, 0.15) is 11.8 Å². The van der Waals surface area contributed by atoms with E-state index >= 15 is 0 Å². The molecule has 0 aliphatic carbocycles. The van der Waals surface area contributed by atoms with Crippen molar-refractivity contribution >= 4 is 16.6 Å². The number of para-hydroxylation sites is 1. The lowest BCUT2D eigenvalue weighted by atomic mass is 10.2. The maximum absolute atomic E-state index is 8.66. The van der Waals surface area contributed by atoms with E-state index in [9.17, 15) is 0 Å². The van der Waals surface area contributed by atoms with Gasteiger partial charge in [-0.15, -0.1) is 0 Å². The molecule has 0 atom stereocenters. The summed E-state index contributed by atoms with van der Waals surface area (Å²) in [5.41, 5.74) is 7.58. The number of hydrogen-bond donors (Lipinski definition) is 2. The van der Waals surface area contributed by atoms with Crippen molar-refractivity contribution in [3.05, 3.63) is 30.0 Å². The number of anilines is 1. The minimum absolute atomic E-state index is 0.441. The van der Waals surface area contributed by atoms with Crippen molar-refractivity contribution in [2.24, 2.45) is 0 Å². The van der Waals surface area contributed by atoms with Crippen molar-refractivity contribution in [1.29, 1.82) is 5.26 Å². The van der Waals surface area contributed by atoms with Gasteiger partial charge in [-0.3, -0.25) is 0 Å². The molecule has 0 spiro atoms. The molecule has 0 fully saturated rings.